The fourth-order valence-corrected chi connectivity index (χ4v) is 2.37. The van der Waals surface area contributed by atoms with Crippen LogP contribution in [0.3, 0.4) is 0 Å². The van der Waals surface area contributed by atoms with E-state index in [1.54, 1.807) is 0 Å². The molecule has 0 bridgehead atoms. The van der Waals surface area contributed by atoms with Crippen LogP contribution in [-0.2, 0) is 0 Å². The number of hydrogen-bond acceptors (Lipinski definition) is 3. The van der Waals surface area contributed by atoms with Gasteiger partial charge in [-0.1, -0.05) is 12.1 Å². The van der Waals surface area contributed by atoms with Crippen LogP contribution in [-0.4, -0.2) is 44.4 Å². The van der Waals surface area contributed by atoms with Gasteiger partial charge in [-0.2, -0.15) is 0 Å². The Labute approximate surface area is 120 Å². The highest BCUT2D eigenvalue weighted by molar-refractivity contribution is 5.85. The summed E-state index contributed by atoms with van der Waals surface area (Å²) >= 11 is 0. The van der Waals surface area contributed by atoms with Gasteiger partial charge in [0.2, 0.25) is 0 Å². The van der Waals surface area contributed by atoms with E-state index in [0.717, 1.165) is 37.5 Å². The summed E-state index contributed by atoms with van der Waals surface area (Å²) in [6.07, 6.45) is 0. The number of alkyl halides is 1. The van der Waals surface area contributed by atoms with Crippen molar-refractivity contribution in [3.05, 3.63) is 29.8 Å². The predicted molar refractivity (Wildman–Crippen MR) is 78.0 cm³/mol. The third kappa shape index (κ3) is 4.34. The Morgan fingerprint density at radius 2 is 2.11 bits per heavy atom. The zero-order chi connectivity index (χ0) is 12.8. The molecular formula is C14H22ClFN2O. The molecule has 0 aliphatic carbocycles. The van der Waals surface area contributed by atoms with Gasteiger partial charge in [-0.15, -0.1) is 12.4 Å². The Kier molecular flexibility index (Phi) is 7.13. The molecule has 1 N–H and O–H groups in total. The standard InChI is InChI=1S/C14H21FN2O.ClH/c1-2-18-13-5-3-4-12(10-13)14(11-15)17-8-6-16-7-9-17;/h3-5,10,14,16H,2,6-9,11H2,1H3;1H/t14-;/m0./s1. The number of ether oxygens (including phenoxy) is 1. The van der Waals surface area contributed by atoms with Crippen molar-refractivity contribution in [1.29, 1.82) is 0 Å². The number of rotatable bonds is 5. The molecule has 5 heteroatoms. The first-order valence-electron chi connectivity index (χ1n) is 6.58. The summed E-state index contributed by atoms with van der Waals surface area (Å²) in [4.78, 5) is 2.20. The molecule has 0 aromatic heterocycles. The first-order chi connectivity index (χ1) is 8.85. The summed E-state index contributed by atoms with van der Waals surface area (Å²) in [5.74, 6) is 0.823. The van der Waals surface area contributed by atoms with Crippen molar-refractivity contribution < 1.29 is 9.13 Å². The second-order valence-electron chi connectivity index (χ2n) is 4.46. The van der Waals surface area contributed by atoms with Crippen molar-refractivity contribution in [2.75, 3.05) is 39.5 Å². The molecular weight excluding hydrogens is 267 g/mol. The van der Waals surface area contributed by atoms with Crippen LogP contribution < -0.4 is 10.1 Å². The Bertz CT molecular complexity index is 372. The van der Waals surface area contributed by atoms with E-state index in [9.17, 15) is 4.39 Å². The molecule has 1 aromatic carbocycles. The Balaban J connectivity index is 0.00000180. The van der Waals surface area contributed by atoms with Crippen molar-refractivity contribution in [3.63, 3.8) is 0 Å². The molecule has 1 aliphatic rings. The number of piperazine rings is 1. The van der Waals surface area contributed by atoms with Gasteiger partial charge in [-0.05, 0) is 24.6 Å². The number of benzene rings is 1. The lowest BCUT2D eigenvalue weighted by molar-refractivity contribution is 0.147. The van der Waals surface area contributed by atoms with Gasteiger partial charge in [0, 0.05) is 26.2 Å². The first kappa shape index (κ1) is 16.2. The van der Waals surface area contributed by atoms with Crippen LogP contribution in [0.4, 0.5) is 4.39 Å². The van der Waals surface area contributed by atoms with Gasteiger partial charge >= 0.3 is 0 Å². The highest BCUT2D eigenvalue weighted by Gasteiger charge is 2.22. The van der Waals surface area contributed by atoms with E-state index in [2.05, 4.69) is 10.2 Å². The molecule has 1 aliphatic heterocycles. The molecule has 0 unspecified atom stereocenters. The fraction of sp³-hybridized carbons (Fsp3) is 0.571. The quantitative estimate of drug-likeness (QED) is 0.901. The Morgan fingerprint density at radius 3 is 2.74 bits per heavy atom. The molecule has 1 aromatic rings. The SMILES string of the molecule is CCOc1cccc([C@H](CF)N2CCNCC2)c1.Cl. The van der Waals surface area contributed by atoms with E-state index in [4.69, 9.17) is 4.74 Å². The van der Waals surface area contributed by atoms with Crippen molar-refractivity contribution in [2.24, 2.45) is 0 Å². The molecule has 0 spiro atoms. The highest BCUT2D eigenvalue weighted by Crippen LogP contribution is 2.25. The van der Waals surface area contributed by atoms with E-state index in [-0.39, 0.29) is 25.1 Å². The average molecular weight is 289 g/mol. The monoisotopic (exact) mass is 288 g/mol. The van der Waals surface area contributed by atoms with Gasteiger partial charge in [0.1, 0.15) is 12.4 Å². The largest absolute Gasteiger partial charge is 0.494 e. The third-order valence-corrected chi connectivity index (χ3v) is 3.29. The lowest BCUT2D eigenvalue weighted by Gasteiger charge is -2.33. The molecule has 2 rings (SSSR count). The number of nitrogens with one attached hydrogen (secondary N) is 1. The van der Waals surface area contributed by atoms with Gasteiger partial charge in [0.05, 0.1) is 12.6 Å². The van der Waals surface area contributed by atoms with Crippen LogP contribution >= 0.6 is 12.4 Å². The molecule has 0 saturated carbocycles. The summed E-state index contributed by atoms with van der Waals surface area (Å²) in [5.41, 5.74) is 1.00. The minimum atomic E-state index is -0.352. The van der Waals surface area contributed by atoms with Gasteiger partial charge in [0.25, 0.3) is 0 Å². The first-order valence-corrected chi connectivity index (χ1v) is 6.58. The number of nitrogens with zero attached hydrogens (tertiary/aromatic N) is 1. The lowest BCUT2D eigenvalue weighted by atomic mass is 10.1. The Hall–Kier alpha value is -0.840. The molecule has 1 heterocycles. The molecule has 19 heavy (non-hydrogen) atoms. The lowest BCUT2D eigenvalue weighted by Crippen LogP contribution is -2.45. The summed E-state index contributed by atoms with van der Waals surface area (Å²) in [6, 6.07) is 7.64. The van der Waals surface area contributed by atoms with E-state index in [1.807, 2.05) is 31.2 Å². The maximum absolute atomic E-state index is 13.3. The highest BCUT2D eigenvalue weighted by atomic mass is 35.5. The smallest absolute Gasteiger partial charge is 0.119 e. The van der Waals surface area contributed by atoms with Crippen LogP contribution in [0, 0.1) is 0 Å². The molecule has 1 saturated heterocycles. The van der Waals surface area contributed by atoms with Crippen molar-refractivity contribution in [3.8, 4) is 5.75 Å². The maximum Gasteiger partial charge on any atom is 0.119 e. The van der Waals surface area contributed by atoms with Gasteiger partial charge in [0.15, 0.2) is 0 Å². The van der Waals surface area contributed by atoms with Crippen LogP contribution in [0.15, 0.2) is 24.3 Å². The summed E-state index contributed by atoms with van der Waals surface area (Å²) in [6.45, 7) is 5.90. The molecule has 1 atom stereocenters. The molecule has 3 nitrogen and oxygen atoms in total. The number of halogens is 2. The topological polar surface area (TPSA) is 24.5 Å². The van der Waals surface area contributed by atoms with Crippen LogP contribution in [0.2, 0.25) is 0 Å². The van der Waals surface area contributed by atoms with Gasteiger partial charge in [-0.3, -0.25) is 4.90 Å². The van der Waals surface area contributed by atoms with Crippen LogP contribution in [0.5, 0.6) is 5.75 Å². The third-order valence-electron chi connectivity index (χ3n) is 3.29. The minimum absolute atomic E-state index is 0. The predicted octanol–water partition coefficient (Wildman–Crippen LogP) is 2.42. The number of hydrogen-bond donors (Lipinski definition) is 1. The van der Waals surface area contributed by atoms with Crippen molar-refractivity contribution in [2.45, 2.75) is 13.0 Å². The van der Waals surface area contributed by atoms with E-state index in [0.29, 0.717) is 6.61 Å². The Morgan fingerprint density at radius 1 is 1.37 bits per heavy atom. The van der Waals surface area contributed by atoms with E-state index in [1.165, 1.54) is 0 Å². The van der Waals surface area contributed by atoms with Gasteiger partial charge in [-0.25, -0.2) is 4.39 Å². The second kappa shape index (κ2) is 8.35. The molecule has 0 amide bonds. The minimum Gasteiger partial charge on any atom is -0.494 e. The second-order valence-corrected chi connectivity index (χ2v) is 4.46. The fourth-order valence-electron chi connectivity index (χ4n) is 2.37. The van der Waals surface area contributed by atoms with Crippen molar-refractivity contribution in [1.82, 2.24) is 10.2 Å². The average Bonchev–Trinajstić information content (AvgIpc) is 2.42. The summed E-state index contributed by atoms with van der Waals surface area (Å²) in [7, 11) is 0. The van der Waals surface area contributed by atoms with Crippen molar-refractivity contribution >= 4 is 12.4 Å². The normalized spacial score (nSPS) is 17.6. The van der Waals surface area contributed by atoms with Crippen LogP contribution in [0.1, 0.15) is 18.5 Å². The molecule has 0 radical (unpaired) electrons. The summed E-state index contributed by atoms with van der Waals surface area (Å²) in [5, 5.41) is 3.29. The van der Waals surface area contributed by atoms with Gasteiger partial charge < -0.3 is 10.1 Å². The molecule has 1 fully saturated rings. The van der Waals surface area contributed by atoms with E-state index < -0.39 is 0 Å². The zero-order valence-corrected chi connectivity index (χ0v) is 12.1. The van der Waals surface area contributed by atoms with E-state index >= 15 is 0 Å². The zero-order valence-electron chi connectivity index (χ0n) is 11.3. The maximum atomic E-state index is 13.3. The van der Waals surface area contributed by atoms with Crippen LogP contribution in [0.25, 0.3) is 0 Å². The molecule has 108 valence electrons. The summed E-state index contributed by atoms with van der Waals surface area (Å²) < 4.78 is 18.8.